The molecule has 0 aromatic rings. The lowest BCUT2D eigenvalue weighted by Gasteiger charge is -2.63. The molecule has 1 aliphatic heterocycles. The molecule has 0 aromatic carbocycles. The third-order valence-electron chi connectivity index (χ3n) is 12.0. The van der Waals surface area contributed by atoms with Gasteiger partial charge in [-0.1, -0.05) is 41.5 Å². The zero-order valence-electron chi connectivity index (χ0n) is 29.4. The minimum Gasteiger partial charge on any atom is -0.462 e. The summed E-state index contributed by atoms with van der Waals surface area (Å²) in [6.07, 6.45) is -3.97. The second kappa shape index (κ2) is 12.6. The number of fused-ring (bicyclic) bond motifs is 4. The first-order chi connectivity index (χ1) is 21.3. The summed E-state index contributed by atoms with van der Waals surface area (Å²) < 4.78 is 37.8. The normalized spacial score (nSPS) is 38.2. The molecule has 0 unspecified atom stereocenters. The van der Waals surface area contributed by atoms with E-state index >= 15 is 0 Å². The SMILES string of the molecule is CC[Si](CC)(CC)O[C@H]1C[C@H](OC(C)=O)[C@]2(C)[C@H](C[C@]3(O)C[C@H](OC(C)=O)C(C)=C([C@@H](OC(C)=O)[C@@H]2OC(C)=O)C3(C)C)[C@]12CO2. The molecule has 4 aliphatic rings. The molecule has 1 heterocycles. The van der Waals surface area contributed by atoms with Crippen molar-refractivity contribution in [2.45, 2.75) is 155 Å². The first-order valence-corrected chi connectivity index (χ1v) is 19.2. The summed E-state index contributed by atoms with van der Waals surface area (Å²) in [5, 5.41) is 12.9. The lowest BCUT2D eigenvalue weighted by molar-refractivity contribution is -0.246. The molecule has 1 spiro atoms. The highest BCUT2D eigenvalue weighted by atomic mass is 28.4. The van der Waals surface area contributed by atoms with Gasteiger partial charge in [0.15, 0.2) is 20.5 Å². The van der Waals surface area contributed by atoms with E-state index in [1.54, 1.807) is 6.92 Å². The Labute approximate surface area is 274 Å². The lowest BCUT2D eigenvalue weighted by atomic mass is 9.47. The zero-order chi connectivity index (χ0) is 34.6. The number of hydrogen-bond acceptors (Lipinski definition) is 11. The molecule has 9 atom stereocenters. The third kappa shape index (κ3) is 5.96. The number of rotatable bonds is 9. The molecule has 12 heteroatoms. The Morgan fingerprint density at radius 3 is 1.80 bits per heavy atom. The first-order valence-electron chi connectivity index (χ1n) is 16.7. The summed E-state index contributed by atoms with van der Waals surface area (Å²) in [7, 11) is -2.22. The van der Waals surface area contributed by atoms with Crippen LogP contribution < -0.4 is 0 Å². The van der Waals surface area contributed by atoms with Crippen molar-refractivity contribution in [3.63, 3.8) is 0 Å². The molecule has 3 fully saturated rings. The van der Waals surface area contributed by atoms with E-state index in [2.05, 4.69) is 20.8 Å². The molecule has 1 N–H and O–H groups in total. The van der Waals surface area contributed by atoms with E-state index < -0.39 is 90.7 Å². The number of epoxide rings is 1. The van der Waals surface area contributed by atoms with Crippen molar-refractivity contribution in [1.82, 2.24) is 0 Å². The van der Waals surface area contributed by atoms with Crippen LogP contribution in [0.25, 0.3) is 0 Å². The zero-order valence-corrected chi connectivity index (χ0v) is 30.4. The molecule has 46 heavy (non-hydrogen) atoms. The van der Waals surface area contributed by atoms with Gasteiger partial charge in [0.25, 0.3) is 0 Å². The Morgan fingerprint density at radius 2 is 1.35 bits per heavy atom. The minimum absolute atomic E-state index is 0.0872. The van der Waals surface area contributed by atoms with Crippen LogP contribution in [0.4, 0.5) is 0 Å². The molecule has 0 radical (unpaired) electrons. The molecule has 11 nitrogen and oxygen atoms in total. The molecule has 3 aliphatic carbocycles. The Bertz CT molecular complexity index is 1260. The number of hydrogen-bond donors (Lipinski definition) is 1. The van der Waals surface area contributed by atoms with Crippen molar-refractivity contribution >= 4 is 32.2 Å². The third-order valence-corrected chi connectivity index (χ3v) is 16.6. The van der Waals surface area contributed by atoms with E-state index in [9.17, 15) is 24.3 Å². The second-order valence-electron chi connectivity index (χ2n) is 14.7. The number of aliphatic hydroxyl groups is 1. The van der Waals surface area contributed by atoms with E-state index in [1.807, 2.05) is 20.8 Å². The minimum atomic E-state index is -2.22. The van der Waals surface area contributed by atoms with Crippen LogP contribution in [0.2, 0.25) is 18.1 Å². The largest absolute Gasteiger partial charge is 0.462 e. The second-order valence-corrected chi connectivity index (χ2v) is 19.4. The van der Waals surface area contributed by atoms with Gasteiger partial charge in [-0.05, 0) is 42.6 Å². The van der Waals surface area contributed by atoms with Crippen molar-refractivity contribution in [1.29, 1.82) is 0 Å². The average molecular weight is 667 g/mol. The first kappa shape index (κ1) is 36.6. The van der Waals surface area contributed by atoms with Crippen molar-refractivity contribution in [2.24, 2.45) is 16.7 Å². The van der Waals surface area contributed by atoms with Gasteiger partial charge in [0.05, 0.1) is 23.7 Å². The van der Waals surface area contributed by atoms with Crippen molar-refractivity contribution in [2.75, 3.05) is 6.61 Å². The molecule has 2 saturated carbocycles. The van der Waals surface area contributed by atoms with Gasteiger partial charge >= 0.3 is 23.9 Å². The molecule has 4 rings (SSSR count). The van der Waals surface area contributed by atoms with Gasteiger partial charge < -0.3 is 33.2 Å². The molecule has 0 amide bonds. The summed E-state index contributed by atoms with van der Waals surface area (Å²) in [4.78, 5) is 50.9. The molecule has 1 saturated heterocycles. The number of carbonyl (C=O) groups is 4. The van der Waals surface area contributed by atoms with Crippen LogP contribution in [0.1, 0.15) is 95.4 Å². The van der Waals surface area contributed by atoms with Crippen LogP contribution in [0, 0.1) is 16.7 Å². The highest BCUT2D eigenvalue weighted by Crippen LogP contribution is 2.66. The van der Waals surface area contributed by atoms with E-state index in [1.165, 1.54) is 27.7 Å². The number of esters is 4. The fourth-order valence-electron chi connectivity index (χ4n) is 9.06. The molecular weight excluding hydrogens is 612 g/mol. The molecule has 2 bridgehead atoms. The van der Waals surface area contributed by atoms with Gasteiger partial charge in [0, 0.05) is 51.9 Å². The Kier molecular flexibility index (Phi) is 10.0. The summed E-state index contributed by atoms with van der Waals surface area (Å²) in [5.41, 5.74) is -3.52. The van der Waals surface area contributed by atoms with Crippen LogP contribution >= 0.6 is 0 Å². The standard InChI is InChI=1S/C34H54O11Si/c1-12-46(13-2,14-3)45-27-15-26(42-21(6)36)32(11)25(34(27)18-40-34)17-33(39)16-24(41-20(5)35)19(4)28(31(33,9)10)29(43-22(7)37)30(32)44-23(8)38/h24-27,29-30,39H,12-18H2,1-11H3/t24-,25-,26-,27-,29+,30-,32-,33+,34+/m0/s1. The Hall–Kier alpha value is -2.28. The number of ether oxygens (including phenoxy) is 5. The van der Waals surface area contributed by atoms with Gasteiger partial charge in [0.1, 0.15) is 17.8 Å². The van der Waals surface area contributed by atoms with Gasteiger partial charge in [-0.3, -0.25) is 19.2 Å². The van der Waals surface area contributed by atoms with Crippen LogP contribution in [-0.4, -0.2) is 85.6 Å². The fourth-order valence-corrected chi connectivity index (χ4v) is 12.0. The Morgan fingerprint density at radius 1 is 0.826 bits per heavy atom. The maximum Gasteiger partial charge on any atom is 0.303 e. The molecule has 260 valence electrons. The summed E-state index contributed by atoms with van der Waals surface area (Å²) in [5.74, 6) is -2.86. The Balaban J connectivity index is 2.06. The highest BCUT2D eigenvalue weighted by molar-refractivity contribution is 6.73. The fraction of sp³-hybridized carbons (Fsp3) is 0.824. The van der Waals surface area contributed by atoms with Crippen LogP contribution in [0.3, 0.4) is 0 Å². The van der Waals surface area contributed by atoms with Crippen LogP contribution in [-0.2, 0) is 47.3 Å². The lowest BCUT2D eigenvalue weighted by Crippen LogP contribution is -2.72. The predicted molar refractivity (Wildman–Crippen MR) is 170 cm³/mol. The summed E-state index contributed by atoms with van der Waals surface area (Å²) in [6.45, 7) is 19.4. The van der Waals surface area contributed by atoms with E-state index in [4.69, 9.17) is 28.1 Å². The summed E-state index contributed by atoms with van der Waals surface area (Å²) in [6, 6.07) is 2.68. The van der Waals surface area contributed by atoms with E-state index in [-0.39, 0.29) is 19.3 Å². The van der Waals surface area contributed by atoms with E-state index in [0.29, 0.717) is 17.8 Å². The van der Waals surface area contributed by atoms with Gasteiger partial charge in [0.2, 0.25) is 0 Å². The summed E-state index contributed by atoms with van der Waals surface area (Å²) >= 11 is 0. The van der Waals surface area contributed by atoms with Gasteiger partial charge in [-0.2, -0.15) is 0 Å². The van der Waals surface area contributed by atoms with Gasteiger partial charge in [-0.15, -0.1) is 0 Å². The smallest absolute Gasteiger partial charge is 0.303 e. The quantitative estimate of drug-likeness (QED) is 0.119. The van der Waals surface area contributed by atoms with Crippen LogP contribution in [0.5, 0.6) is 0 Å². The van der Waals surface area contributed by atoms with Crippen molar-refractivity contribution in [3.05, 3.63) is 11.1 Å². The van der Waals surface area contributed by atoms with Crippen molar-refractivity contribution in [3.8, 4) is 0 Å². The molecule has 0 aromatic heterocycles. The van der Waals surface area contributed by atoms with Gasteiger partial charge in [-0.25, -0.2) is 0 Å². The maximum atomic E-state index is 13.0. The predicted octanol–water partition coefficient (Wildman–Crippen LogP) is 4.78. The topological polar surface area (TPSA) is 147 Å². The van der Waals surface area contributed by atoms with E-state index in [0.717, 1.165) is 18.1 Å². The van der Waals surface area contributed by atoms with Crippen molar-refractivity contribution < 1.29 is 52.4 Å². The monoisotopic (exact) mass is 666 g/mol. The highest BCUT2D eigenvalue weighted by Gasteiger charge is 2.76. The molecular formula is C34H54O11Si. The van der Waals surface area contributed by atoms with Crippen LogP contribution in [0.15, 0.2) is 11.1 Å². The maximum absolute atomic E-state index is 13.0. The number of carbonyl (C=O) groups excluding carboxylic acids is 4. The average Bonchev–Trinajstić information content (AvgIpc) is 3.74.